The number of carbonyl (C=O) groups excluding carboxylic acids is 1. The van der Waals surface area contributed by atoms with E-state index in [2.05, 4.69) is 36.4 Å². The first kappa shape index (κ1) is 25.0. The summed E-state index contributed by atoms with van der Waals surface area (Å²) < 4.78 is 0. The van der Waals surface area contributed by atoms with Crippen molar-refractivity contribution >= 4 is 53.8 Å². The van der Waals surface area contributed by atoms with Crippen molar-refractivity contribution in [1.82, 2.24) is 20.1 Å². The maximum absolute atomic E-state index is 12.5. The van der Waals surface area contributed by atoms with Gasteiger partial charge in [-0.1, -0.05) is 20.8 Å². The average molecular weight is 456 g/mol. The first-order valence-electron chi connectivity index (χ1n) is 9.18. The summed E-state index contributed by atoms with van der Waals surface area (Å²) in [7, 11) is 0. The monoisotopic (exact) mass is 454 g/mol. The molecule has 0 aromatic carbocycles. The predicted molar refractivity (Wildman–Crippen MR) is 121 cm³/mol. The Labute approximate surface area is 183 Å². The molecule has 1 atom stereocenters. The standard InChI is InChI=1S/C18H30N4OS2.2ClH/c1-18(2,3)17-20-15(13-25-17)11-21-5-7-22(8-6-21)16(23)10-14-12-24-9-4-19-14;;/h13-14,19H,4-12H2,1-3H3;2*1H. The molecule has 0 bridgehead atoms. The van der Waals surface area contributed by atoms with Gasteiger partial charge in [-0.3, -0.25) is 9.69 Å². The molecule has 2 fully saturated rings. The Morgan fingerprint density at radius 2 is 1.96 bits per heavy atom. The number of nitrogens with zero attached hydrogens (tertiary/aromatic N) is 3. The third kappa shape index (κ3) is 7.37. The van der Waals surface area contributed by atoms with Crippen molar-refractivity contribution in [3.63, 3.8) is 0 Å². The number of nitrogens with one attached hydrogen (secondary N) is 1. The summed E-state index contributed by atoms with van der Waals surface area (Å²) in [5.41, 5.74) is 1.29. The van der Waals surface area contributed by atoms with Gasteiger partial charge in [0.1, 0.15) is 0 Å². The van der Waals surface area contributed by atoms with Crippen LogP contribution in [0, 0.1) is 0 Å². The molecule has 0 spiro atoms. The van der Waals surface area contributed by atoms with E-state index in [0.717, 1.165) is 56.5 Å². The Morgan fingerprint density at radius 3 is 2.52 bits per heavy atom. The van der Waals surface area contributed by atoms with E-state index in [1.807, 2.05) is 16.7 Å². The van der Waals surface area contributed by atoms with E-state index in [9.17, 15) is 4.79 Å². The molecule has 1 aromatic heterocycles. The van der Waals surface area contributed by atoms with Gasteiger partial charge in [0, 0.05) is 74.0 Å². The highest BCUT2D eigenvalue weighted by atomic mass is 35.5. The van der Waals surface area contributed by atoms with Crippen molar-refractivity contribution in [2.75, 3.05) is 44.2 Å². The van der Waals surface area contributed by atoms with E-state index in [-0.39, 0.29) is 30.2 Å². The molecule has 1 aromatic rings. The van der Waals surface area contributed by atoms with Crippen molar-refractivity contribution in [2.24, 2.45) is 0 Å². The van der Waals surface area contributed by atoms with E-state index in [0.29, 0.717) is 18.4 Å². The van der Waals surface area contributed by atoms with Crippen molar-refractivity contribution in [1.29, 1.82) is 0 Å². The minimum Gasteiger partial charge on any atom is -0.340 e. The number of piperazine rings is 1. The molecule has 1 N–H and O–H groups in total. The highest BCUT2D eigenvalue weighted by molar-refractivity contribution is 7.99. The normalized spacial score (nSPS) is 21.3. The van der Waals surface area contributed by atoms with Crippen LogP contribution in [0.4, 0.5) is 0 Å². The van der Waals surface area contributed by atoms with Crippen LogP contribution in [-0.2, 0) is 16.8 Å². The number of amides is 1. The molecule has 156 valence electrons. The second kappa shape index (κ2) is 11.2. The van der Waals surface area contributed by atoms with Gasteiger partial charge in [0.15, 0.2) is 0 Å². The van der Waals surface area contributed by atoms with Crippen LogP contribution in [0.15, 0.2) is 5.38 Å². The summed E-state index contributed by atoms with van der Waals surface area (Å²) >= 11 is 3.71. The van der Waals surface area contributed by atoms with Gasteiger partial charge in [0.2, 0.25) is 5.91 Å². The summed E-state index contributed by atoms with van der Waals surface area (Å²) in [6.07, 6.45) is 0.647. The average Bonchev–Trinajstić information content (AvgIpc) is 3.05. The zero-order valence-corrected chi connectivity index (χ0v) is 19.7. The van der Waals surface area contributed by atoms with Crippen molar-refractivity contribution < 1.29 is 4.79 Å². The Kier molecular flexibility index (Phi) is 10.4. The molecule has 3 heterocycles. The van der Waals surface area contributed by atoms with E-state index in [1.165, 1.54) is 5.01 Å². The minimum atomic E-state index is 0. The smallest absolute Gasteiger partial charge is 0.224 e. The number of rotatable bonds is 4. The summed E-state index contributed by atoms with van der Waals surface area (Å²) in [6, 6.07) is 0.357. The number of thiazole rings is 1. The minimum absolute atomic E-state index is 0. The zero-order chi connectivity index (χ0) is 17.9. The van der Waals surface area contributed by atoms with Crippen LogP contribution in [0.25, 0.3) is 0 Å². The van der Waals surface area contributed by atoms with Gasteiger partial charge in [-0.05, 0) is 0 Å². The van der Waals surface area contributed by atoms with Crippen LogP contribution in [-0.4, -0.2) is 71.0 Å². The molecule has 27 heavy (non-hydrogen) atoms. The van der Waals surface area contributed by atoms with E-state index < -0.39 is 0 Å². The molecule has 1 amide bonds. The summed E-state index contributed by atoms with van der Waals surface area (Å²) in [6.45, 7) is 12.1. The second-order valence-electron chi connectivity index (χ2n) is 7.98. The Balaban J connectivity index is 0.00000182. The quantitative estimate of drug-likeness (QED) is 0.757. The number of hydrogen-bond donors (Lipinski definition) is 1. The van der Waals surface area contributed by atoms with E-state index in [4.69, 9.17) is 4.98 Å². The summed E-state index contributed by atoms with van der Waals surface area (Å²) in [5.74, 6) is 2.53. The molecule has 2 aliphatic rings. The Bertz CT molecular complexity index is 580. The van der Waals surface area contributed by atoms with Gasteiger partial charge < -0.3 is 10.2 Å². The van der Waals surface area contributed by atoms with Crippen molar-refractivity contribution in [2.45, 2.75) is 45.2 Å². The number of carbonyl (C=O) groups is 1. The Hall–Kier alpha value is -0.0500. The van der Waals surface area contributed by atoms with E-state index >= 15 is 0 Å². The van der Waals surface area contributed by atoms with Crippen LogP contribution in [0.5, 0.6) is 0 Å². The first-order valence-corrected chi connectivity index (χ1v) is 11.2. The predicted octanol–water partition coefficient (Wildman–Crippen LogP) is 3.02. The third-order valence-corrected chi connectivity index (χ3v) is 7.17. The summed E-state index contributed by atoms with van der Waals surface area (Å²) in [4.78, 5) is 21.7. The lowest BCUT2D eigenvalue weighted by Crippen LogP contribution is -2.50. The molecule has 1 unspecified atom stereocenters. The molecular formula is C18H32Cl2N4OS2. The van der Waals surface area contributed by atoms with Gasteiger partial charge in [-0.25, -0.2) is 4.98 Å². The van der Waals surface area contributed by atoms with Gasteiger partial charge in [-0.15, -0.1) is 36.2 Å². The van der Waals surface area contributed by atoms with Crippen molar-refractivity contribution in [3.05, 3.63) is 16.1 Å². The highest BCUT2D eigenvalue weighted by Crippen LogP contribution is 2.26. The fourth-order valence-electron chi connectivity index (χ4n) is 3.20. The van der Waals surface area contributed by atoms with Gasteiger partial charge in [-0.2, -0.15) is 11.8 Å². The SMILES string of the molecule is CC(C)(C)c1nc(CN2CCN(C(=O)CC3CSCCN3)CC2)cs1.Cl.Cl. The number of aromatic nitrogens is 1. The first-order chi connectivity index (χ1) is 11.9. The second-order valence-corrected chi connectivity index (χ2v) is 9.99. The van der Waals surface area contributed by atoms with Crippen LogP contribution in [0.3, 0.4) is 0 Å². The maximum Gasteiger partial charge on any atom is 0.224 e. The molecular weight excluding hydrogens is 423 g/mol. The lowest BCUT2D eigenvalue weighted by atomic mass is 9.98. The lowest BCUT2D eigenvalue weighted by molar-refractivity contribution is -0.133. The third-order valence-electron chi connectivity index (χ3n) is 4.72. The molecule has 2 aliphatic heterocycles. The summed E-state index contributed by atoms with van der Waals surface area (Å²) in [5, 5.41) is 6.85. The molecule has 2 saturated heterocycles. The molecule has 9 heteroatoms. The topological polar surface area (TPSA) is 48.5 Å². The Morgan fingerprint density at radius 1 is 1.26 bits per heavy atom. The highest BCUT2D eigenvalue weighted by Gasteiger charge is 2.25. The lowest BCUT2D eigenvalue weighted by Gasteiger charge is -2.35. The van der Waals surface area contributed by atoms with Crippen LogP contribution < -0.4 is 5.32 Å². The van der Waals surface area contributed by atoms with Crippen LogP contribution in [0.1, 0.15) is 37.9 Å². The van der Waals surface area contributed by atoms with Crippen molar-refractivity contribution in [3.8, 4) is 0 Å². The van der Waals surface area contributed by atoms with Crippen LogP contribution in [0.2, 0.25) is 0 Å². The van der Waals surface area contributed by atoms with Gasteiger partial charge >= 0.3 is 0 Å². The molecule has 0 radical (unpaired) electrons. The number of thioether (sulfide) groups is 1. The fraction of sp³-hybridized carbons (Fsp3) is 0.778. The zero-order valence-electron chi connectivity index (χ0n) is 16.4. The molecule has 5 nitrogen and oxygen atoms in total. The van der Waals surface area contributed by atoms with Crippen LogP contribution >= 0.6 is 47.9 Å². The van der Waals surface area contributed by atoms with Gasteiger partial charge in [0.05, 0.1) is 10.7 Å². The molecule has 0 saturated carbocycles. The number of hydrogen-bond acceptors (Lipinski definition) is 6. The number of halogens is 2. The van der Waals surface area contributed by atoms with Gasteiger partial charge in [0.25, 0.3) is 0 Å². The van der Waals surface area contributed by atoms with E-state index in [1.54, 1.807) is 11.3 Å². The fourth-order valence-corrected chi connectivity index (χ4v) is 5.05. The largest absolute Gasteiger partial charge is 0.340 e. The molecule has 3 rings (SSSR count). The molecule has 0 aliphatic carbocycles. The maximum atomic E-state index is 12.5.